The molecule has 300 valence electrons. The Hall–Kier alpha value is -1.57. The minimum atomic E-state index is -2.25. The summed E-state index contributed by atoms with van der Waals surface area (Å²) in [7, 11) is -4.12. The van der Waals surface area contributed by atoms with Gasteiger partial charge < -0.3 is 28.2 Å². The van der Waals surface area contributed by atoms with Crippen molar-refractivity contribution in [2.45, 2.75) is 201 Å². The Morgan fingerprint density at radius 1 is 1.06 bits per heavy atom. The van der Waals surface area contributed by atoms with Crippen molar-refractivity contribution in [3.8, 4) is 0 Å². The maximum Gasteiger partial charge on any atom is 0.308 e. The lowest BCUT2D eigenvalue weighted by molar-refractivity contribution is -0.157. The normalized spacial score (nSPS) is 31.2. The number of epoxide rings is 1. The van der Waals surface area contributed by atoms with Crippen molar-refractivity contribution in [3.05, 3.63) is 36.0 Å². The number of rotatable bonds is 13. The molecule has 0 saturated carbocycles. The quantitative estimate of drug-likeness (QED) is 0.0650. The van der Waals surface area contributed by atoms with Crippen molar-refractivity contribution >= 4 is 28.6 Å². The summed E-state index contributed by atoms with van der Waals surface area (Å²) in [6.45, 7) is 36.0. The van der Waals surface area contributed by atoms with Crippen LogP contribution in [0.25, 0.3) is 0 Å². The second-order valence-corrected chi connectivity index (χ2v) is 28.6. The van der Waals surface area contributed by atoms with E-state index in [-0.39, 0.29) is 53.1 Å². The molecule has 1 fully saturated rings. The Kier molecular flexibility index (Phi) is 16.5. The van der Waals surface area contributed by atoms with Gasteiger partial charge in [0.05, 0.1) is 24.7 Å². The van der Waals surface area contributed by atoms with E-state index in [0.717, 1.165) is 18.4 Å². The largest absolute Gasteiger partial charge is 0.457 e. The smallest absolute Gasteiger partial charge is 0.308 e. The third-order valence-electron chi connectivity index (χ3n) is 12.1. The number of ether oxygens (including phenoxy) is 3. The van der Waals surface area contributed by atoms with E-state index in [1.807, 2.05) is 32.1 Å². The van der Waals surface area contributed by atoms with E-state index in [2.05, 4.69) is 94.6 Å². The molecule has 1 N–H and O–H groups in total. The molecule has 0 amide bonds. The summed E-state index contributed by atoms with van der Waals surface area (Å²) in [6, 6.07) is 0. The van der Waals surface area contributed by atoms with Crippen LogP contribution in [0.3, 0.4) is 0 Å². The Labute approximate surface area is 319 Å². The average molecular weight is 765 g/mol. The first-order valence-electron chi connectivity index (χ1n) is 19.7. The number of hydrogen-bond acceptors (Lipinski definition) is 8. The number of aliphatic hydroxyl groups is 1. The van der Waals surface area contributed by atoms with Crippen molar-refractivity contribution in [2.24, 2.45) is 17.8 Å². The summed E-state index contributed by atoms with van der Waals surface area (Å²) >= 11 is 0. The molecule has 10 heteroatoms. The fourth-order valence-electron chi connectivity index (χ4n) is 6.39. The highest BCUT2D eigenvalue weighted by atomic mass is 28.4. The molecule has 10 atom stereocenters. The van der Waals surface area contributed by atoms with Gasteiger partial charge in [-0.2, -0.15) is 0 Å². The standard InChI is InChI=1S/C42H76O8Si2/c1-18-34(50-52(16,17)41(10,11)12)31(5)39-35(47-39)26-28(2)20-19-21-29(3)38-30(4)22-23-36(46-32(6)43)42(13,45)25-24-33(27-37(44)48-38)49-51(14,15)40(7,8)9/h19-23,28,30-31,33-36,38-39,45H,18,24-27H2,1-17H3/b20-19+,23-22+,29-21+/t28-,30+,31-,33-,34+,35+,36+,38-,39-,42-/m1/s1. The summed E-state index contributed by atoms with van der Waals surface area (Å²) in [5.74, 6) is -0.414. The van der Waals surface area contributed by atoms with E-state index in [1.165, 1.54) is 6.92 Å². The van der Waals surface area contributed by atoms with Crippen LogP contribution < -0.4 is 0 Å². The van der Waals surface area contributed by atoms with Crippen LogP contribution in [-0.4, -0.2) is 75.9 Å². The third kappa shape index (κ3) is 13.6. The maximum absolute atomic E-state index is 13.6. The van der Waals surface area contributed by atoms with Crippen LogP contribution in [0.5, 0.6) is 0 Å². The summed E-state index contributed by atoms with van der Waals surface area (Å²) in [5.41, 5.74) is -0.456. The van der Waals surface area contributed by atoms with Gasteiger partial charge >= 0.3 is 11.9 Å². The zero-order chi connectivity index (χ0) is 40.0. The molecule has 0 spiro atoms. The number of hydrogen-bond donors (Lipinski definition) is 1. The lowest BCUT2D eigenvalue weighted by atomic mass is 9.88. The van der Waals surface area contributed by atoms with Crippen LogP contribution in [-0.2, 0) is 32.7 Å². The van der Waals surface area contributed by atoms with Crippen LogP contribution in [0.4, 0.5) is 0 Å². The van der Waals surface area contributed by atoms with Crippen LogP contribution in [0, 0.1) is 17.8 Å². The van der Waals surface area contributed by atoms with E-state index in [4.69, 9.17) is 23.1 Å². The molecule has 0 aromatic heterocycles. The number of carbonyl (C=O) groups excluding carboxylic acids is 2. The van der Waals surface area contributed by atoms with Crippen molar-refractivity contribution in [3.63, 3.8) is 0 Å². The molecule has 2 aliphatic heterocycles. The highest BCUT2D eigenvalue weighted by Crippen LogP contribution is 2.43. The first-order valence-corrected chi connectivity index (χ1v) is 25.6. The topological polar surface area (TPSA) is 104 Å². The van der Waals surface area contributed by atoms with Gasteiger partial charge in [0, 0.05) is 24.9 Å². The van der Waals surface area contributed by atoms with Gasteiger partial charge in [0.1, 0.15) is 17.8 Å². The molecule has 2 aliphatic rings. The highest BCUT2D eigenvalue weighted by Gasteiger charge is 2.48. The van der Waals surface area contributed by atoms with Crippen molar-refractivity contribution in [1.82, 2.24) is 0 Å². The fraction of sp³-hybridized carbons (Fsp3) is 0.810. The molecule has 0 radical (unpaired) electrons. The van der Waals surface area contributed by atoms with Gasteiger partial charge in [-0.15, -0.1) is 0 Å². The molecule has 0 bridgehead atoms. The molecular formula is C42H76O8Si2. The number of carbonyl (C=O) groups is 2. The third-order valence-corrected chi connectivity index (χ3v) is 21.1. The number of cyclic esters (lactones) is 1. The van der Waals surface area contributed by atoms with Gasteiger partial charge in [-0.05, 0) is 93.4 Å². The summed E-state index contributed by atoms with van der Waals surface area (Å²) in [4.78, 5) is 25.6. The average Bonchev–Trinajstić information content (AvgIpc) is 3.75. The minimum absolute atomic E-state index is 0.0617. The van der Waals surface area contributed by atoms with Crippen LogP contribution in [0.15, 0.2) is 36.0 Å². The lowest BCUT2D eigenvalue weighted by Gasteiger charge is -2.40. The van der Waals surface area contributed by atoms with Gasteiger partial charge in [-0.1, -0.05) is 93.5 Å². The predicted octanol–water partition coefficient (Wildman–Crippen LogP) is 10.1. The molecule has 0 aromatic carbocycles. The van der Waals surface area contributed by atoms with Crippen molar-refractivity contribution in [2.75, 3.05) is 0 Å². The molecule has 0 unspecified atom stereocenters. The molecule has 0 aromatic rings. The fourth-order valence-corrected chi connectivity index (χ4v) is 9.27. The minimum Gasteiger partial charge on any atom is -0.457 e. The Balaban J connectivity index is 2.23. The molecule has 2 rings (SSSR count). The van der Waals surface area contributed by atoms with E-state index in [1.54, 1.807) is 13.0 Å². The van der Waals surface area contributed by atoms with E-state index < -0.39 is 46.5 Å². The SMILES string of the molecule is CC[C@H](O[Si](C)(C)C(C)(C)C)[C@@H](C)[C@H]1O[C@H]1C[C@H](C)/C=C/C=C(\C)[C@H]1OC(=O)C[C@H](O[Si](C)(C)C(C)(C)C)CC[C@@](C)(O)[C@@H](OC(C)=O)/C=C/[C@@H]1C. The van der Waals surface area contributed by atoms with Crippen molar-refractivity contribution in [1.29, 1.82) is 0 Å². The second-order valence-electron chi connectivity index (χ2n) is 19.1. The van der Waals surface area contributed by atoms with E-state index >= 15 is 0 Å². The highest BCUT2D eigenvalue weighted by molar-refractivity contribution is 6.74. The Bertz CT molecular complexity index is 1270. The molecule has 0 aliphatic carbocycles. The van der Waals surface area contributed by atoms with Crippen LogP contribution >= 0.6 is 0 Å². The first kappa shape index (κ1) is 46.6. The molecule has 8 nitrogen and oxygen atoms in total. The molecule has 52 heavy (non-hydrogen) atoms. The molecule has 1 saturated heterocycles. The van der Waals surface area contributed by atoms with Gasteiger partial charge in [0.2, 0.25) is 0 Å². The summed E-state index contributed by atoms with van der Waals surface area (Å²) in [6.07, 6.45) is 11.3. The number of esters is 2. The number of allylic oxidation sites excluding steroid dienone is 3. The zero-order valence-electron chi connectivity index (χ0n) is 35.9. The lowest BCUT2D eigenvalue weighted by Crippen LogP contribution is -2.46. The molecule has 2 heterocycles. The van der Waals surface area contributed by atoms with Crippen LogP contribution in [0.2, 0.25) is 36.3 Å². The second kappa shape index (κ2) is 18.4. The Morgan fingerprint density at radius 2 is 1.65 bits per heavy atom. The van der Waals surface area contributed by atoms with Gasteiger partial charge in [0.25, 0.3) is 0 Å². The summed E-state index contributed by atoms with van der Waals surface area (Å²) in [5, 5.41) is 11.7. The van der Waals surface area contributed by atoms with Gasteiger partial charge in [0.15, 0.2) is 16.6 Å². The van der Waals surface area contributed by atoms with Gasteiger partial charge in [-0.25, -0.2) is 0 Å². The first-order chi connectivity index (χ1) is 23.6. The zero-order valence-corrected chi connectivity index (χ0v) is 37.9. The van der Waals surface area contributed by atoms with Gasteiger partial charge in [-0.3, -0.25) is 9.59 Å². The van der Waals surface area contributed by atoms with Crippen LogP contribution in [0.1, 0.15) is 122 Å². The molecular weight excluding hydrogens is 689 g/mol. The van der Waals surface area contributed by atoms with E-state index in [0.29, 0.717) is 18.3 Å². The Morgan fingerprint density at radius 3 is 2.19 bits per heavy atom. The monoisotopic (exact) mass is 765 g/mol. The summed E-state index contributed by atoms with van der Waals surface area (Å²) < 4.78 is 31.6. The van der Waals surface area contributed by atoms with Crippen molar-refractivity contribution < 1.29 is 37.8 Å². The predicted molar refractivity (Wildman–Crippen MR) is 217 cm³/mol. The van der Waals surface area contributed by atoms with E-state index in [9.17, 15) is 14.7 Å². The maximum atomic E-state index is 13.6.